The second-order valence-electron chi connectivity index (χ2n) is 27.5. The van der Waals surface area contributed by atoms with E-state index in [9.17, 15) is 19.0 Å². The summed E-state index contributed by atoms with van der Waals surface area (Å²) < 4.78 is 30.9. The van der Waals surface area contributed by atoms with Crippen molar-refractivity contribution in [3.05, 3.63) is 12.2 Å². The first kappa shape index (κ1) is 83.8. The Balaban J connectivity index is 4.95. The first-order valence-electron chi connectivity index (χ1n) is 38.0. The number of likely N-dealkylation sites (N-methyl/N-ethyl adjacent to an activating group) is 1. The van der Waals surface area contributed by atoms with Crippen molar-refractivity contribution in [2.24, 2.45) is 0 Å². The third-order valence-corrected chi connectivity index (χ3v) is 18.7. The van der Waals surface area contributed by atoms with E-state index in [0.29, 0.717) is 23.9 Å². The minimum absolute atomic E-state index is 0.0463. The Morgan fingerprint density at radius 2 is 0.671 bits per heavy atom. The number of nitrogens with zero attached hydrogens (tertiary/aromatic N) is 1. The largest absolute Gasteiger partial charge is 0.472 e. The lowest BCUT2D eigenvalue weighted by atomic mass is 10.0. The molecule has 0 aromatic rings. The van der Waals surface area contributed by atoms with Crippen LogP contribution < -0.4 is 5.32 Å². The Morgan fingerprint density at radius 3 is 0.965 bits per heavy atom. The van der Waals surface area contributed by atoms with Crippen molar-refractivity contribution in [2.45, 2.75) is 418 Å². The van der Waals surface area contributed by atoms with Gasteiger partial charge < -0.3 is 19.4 Å². The van der Waals surface area contributed by atoms with Gasteiger partial charge in [-0.25, -0.2) is 4.57 Å². The zero-order chi connectivity index (χ0) is 62.1. The molecule has 0 heterocycles. The minimum Gasteiger partial charge on any atom is -0.456 e. The van der Waals surface area contributed by atoms with Crippen LogP contribution in [0.4, 0.5) is 0 Å². The standard InChI is InChI=1S/C75H149N2O7P/c1-7-10-13-16-19-22-25-28-30-32-34-35-36-37-38-39-40-41-43-44-46-49-52-55-58-61-64-67-74(78)76-72(71-83-85(80,81)82-70-69-77(4,5)6)73(66-63-60-57-54-51-48-27-24-21-18-15-12-9-3)84-75(79)68-65-62-59-56-53-50-47-45-42-33-31-29-26-23-20-17-14-11-8-2/h63,66,72-73H,7-62,64-65,67-71H2,1-6H3,(H-,76,78,80,81)/p+1/b66-63-. The van der Waals surface area contributed by atoms with Crippen LogP contribution in [-0.2, 0) is 27.9 Å². The summed E-state index contributed by atoms with van der Waals surface area (Å²) in [5.41, 5.74) is 0. The molecule has 0 aromatic heterocycles. The van der Waals surface area contributed by atoms with E-state index in [4.69, 9.17) is 13.8 Å². The van der Waals surface area contributed by atoms with Gasteiger partial charge >= 0.3 is 13.8 Å². The molecule has 0 aliphatic heterocycles. The Morgan fingerprint density at radius 1 is 0.400 bits per heavy atom. The minimum atomic E-state index is -4.45. The van der Waals surface area contributed by atoms with Gasteiger partial charge in [0, 0.05) is 12.8 Å². The lowest BCUT2D eigenvalue weighted by Gasteiger charge is -2.27. The fourth-order valence-corrected chi connectivity index (χ4v) is 12.6. The number of ether oxygens (including phenoxy) is 1. The first-order valence-corrected chi connectivity index (χ1v) is 39.5. The summed E-state index contributed by atoms with van der Waals surface area (Å²) in [7, 11) is 1.53. The van der Waals surface area contributed by atoms with Crippen molar-refractivity contribution in [1.82, 2.24) is 5.32 Å². The van der Waals surface area contributed by atoms with Gasteiger partial charge in [0.1, 0.15) is 19.3 Å². The average molecular weight is 1220 g/mol. The number of hydrogen-bond acceptors (Lipinski definition) is 6. The van der Waals surface area contributed by atoms with Gasteiger partial charge in [-0.1, -0.05) is 374 Å². The van der Waals surface area contributed by atoms with E-state index in [1.165, 1.54) is 315 Å². The molecule has 0 radical (unpaired) electrons. The maximum atomic E-state index is 13.6. The highest BCUT2D eigenvalue weighted by Crippen LogP contribution is 2.43. The number of unbranched alkanes of at least 4 members (excludes halogenated alkanes) is 55. The van der Waals surface area contributed by atoms with Gasteiger partial charge in [0.25, 0.3) is 0 Å². The third kappa shape index (κ3) is 67.0. The molecule has 2 N–H and O–H groups in total. The van der Waals surface area contributed by atoms with E-state index in [-0.39, 0.29) is 25.1 Å². The molecule has 0 aliphatic carbocycles. The van der Waals surface area contributed by atoms with E-state index in [2.05, 4.69) is 32.2 Å². The summed E-state index contributed by atoms with van der Waals surface area (Å²) in [6.07, 6.45) is 79.5. The van der Waals surface area contributed by atoms with Gasteiger partial charge in [-0.05, 0) is 31.8 Å². The Kier molecular flexibility index (Phi) is 64.7. The van der Waals surface area contributed by atoms with Crippen LogP contribution in [0.1, 0.15) is 406 Å². The van der Waals surface area contributed by atoms with Gasteiger partial charge in [-0.15, -0.1) is 0 Å². The van der Waals surface area contributed by atoms with E-state index in [1.807, 2.05) is 27.2 Å². The van der Waals surface area contributed by atoms with Gasteiger partial charge in [-0.2, -0.15) is 0 Å². The molecule has 0 aromatic carbocycles. The molecule has 0 rings (SSSR count). The number of hydrogen-bond donors (Lipinski definition) is 2. The van der Waals surface area contributed by atoms with Gasteiger partial charge in [0.05, 0.1) is 33.8 Å². The van der Waals surface area contributed by atoms with Crippen LogP contribution in [0.3, 0.4) is 0 Å². The van der Waals surface area contributed by atoms with Crippen molar-refractivity contribution in [3.63, 3.8) is 0 Å². The molecule has 3 atom stereocenters. The molecule has 0 bridgehead atoms. The lowest BCUT2D eigenvalue weighted by Crippen LogP contribution is -2.47. The molecule has 0 fully saturated rings. The van der Waals surface area contributed by atoms with Gasteiger partial charge in [0.2, 0.25) is 5.91 Å². The molecule has 85 heavy (non-hydrogen) atoms. The Labute approximate surface area is 531 Å². The number of amides is 1. The molecule has 506 valence electrons. The van der Waals surface area contributed by atoms with Crippen molar-refractivity contribution in [1.29, 1.82) is 0 Å². The molecule has 3 unspecified atom stereocenters. The number of phosphoric acid groups is 1. The lowest BCUT2D eigenvalue weighted by molar-refractivity contribution is -0.870. The number of phosphoric ester groups is 1. The van der Waals surface area contributed by atoms with Crippen molar-refractivity contribution in [2.75, 3.05) is 40.9 Å². The second kappa shape index (κ2) is 65.7. The maximum Gasteiger partial charge on any atom is 0.472 e. The number of nitrogens with one attached hydrogen (secondary N) is 1. The third-order valence-electron chi connectivity index (χ3n) is 17.7. The van der Waals surface area contributed by atoms with Crippen molar-refractivity contribution >= 4 is 19.7 Å². The quantitative estimate of drug-likeness (QED) is 0.0205. The normalized spacial score (nSPS) is 13.4. The first-order chi connectivity index (χ1) is 41.4. The van der Waals surface area contributed by atoms with Crippen molar-refractivity contribution in [3.8, 4) is 0 Å². The van der Waals surface area contributed by atoms with Crippen LogP contribution in [0.5, 0.6) is 0 Å². The number of allylic oxidation sites excluding steroid dienone is 1. The van der Waals surface area contributed by atoms with Crippen molar-refractivity contribution < 1.29 is 37.3 Å². The molecule has 0 saturated carbocycles. The maximum absolute atomic E-state index is 13.6. The highest BCUT2D eigenvalue weighted by atomic mass is 31.2. The fourth-order valence-electron chi connectivity index (χ4n) is 11.9. The highest BCUT2D eigenvalue weighted by Gasteiger charge is 2.30. The summed E-state index contributed by atoms with van der Waals surface area (Å²) in [4.78, 5) is 38.0. The Bertz CT molecular complexity index is 1450. The summed E-state index contributed by atoms with van der Waals surface area (Å²) in [6.45, 7) is 7.11. The SMILES string of the molecule is CCCCCCCCCCCCC/C=C\C(OC(=O)CCCCCCCCCCCCCCCCCCCCC)C(COP(=O)(O)OCC[N+](C)(C)C)NC(=O)CCCCCCCCCCCCCCCCCCCCCCCCCCCCC. The van der Waals surface area contributed by atoms with E-state index in [1.54, 1.807) is 0 Å². The predicted molar refractivity (Wildman–Crippen MR) is 370 cm³/mol. The van der Waals surface area contributed by atoms with Gasteiger partial charge in [0.15, 0.2) is 0 Å². The monoisotopic (exact) mass is 1220 g/mol. The summed E-state index contributed by atoms with van der Waals surface area (Å²) in [5, 5.41) is 3.09. The summed E-state index contributed by atoms with van der Waals surface area (Å²) in [5.74, 6) is -0.474. The van der Waals surface area contributed by atoms with E-state index >= 15 is 0 Å². The highest BCUT2D eigenvalue weighted by molar-refractivity contribution is 7.47. The van der Waals surface area contributed by atoms with Crippen LogP contribution in [-0.4, -0.2) is 74.3 Å². The molecule has 10 heteroatoms. The zero-order valence-corrected chi connectivity index (χ0v) is 59.0. The zero-order valence-electron chi connectivity index (χ0n) is 58.1. The predicted octanol–water partition coefficient (Wildman–Crippen LogP) is 24.2. The smallest absolute Gasteiger partial charge is 0.456 e. The Hall–Kier alpha value is -1.25. The van der Waals surface area contributed by atoms with E-state index in [0.717, 1.165) is 57.8 Å². The molecule has 9 nitrogen and oxygen atoms in total. The van der Waals surface area contributed by atoms with Crippen LogP contribution in [0.15, 0.2) is 12.2 Å². The van der Waals surface area contributed by atoms with Crippen LogP contribution in [0.2, 0.25) is 0 Å². The molecular formula is C75H150N2O7P+. The second-order valence-corrected chi connectivity index (χ2v) is 29.0. The van der Waals surface area contributed by atoms with Gasteiger partial charge in [-0.3, -0.25) is 18.6 Å². The van der Waals surface area contributed by atoms with Crippen LogP contribution in [0, 0.1) is 0 Å². The molecule has 0 aliphatic rings. The summed E-state index contributed by atoms with van der Waals surface area (Å²) in [6, 6.07) is -0.841. The van der Waals surface area contributed by atoms with E-state index < -0.39 is 20.0 Å². The van der Waals surface area contributed by atoms with Crippen LogP contribution >= 0.6 is 7.82 Å². The molecule has 1 amide bonds. The molecule has 0 saturated heterocycles. The number of rotatable bonds is 71. The number of quaternary nitrogens is 1. The number of carbonyl (C=O) groups excluding carboxylic acids is 2. The fraction of sp³-hybridized carbons (Fsp3) is 0.947. The molecule has 0 spiro atoms. The number of esters is 1. The average Bonchev–Trinajstić information content (AvgIpc) is 3.52. The number of carbonyl (C=O) groups is 2. The molecular weight excluding hydrogens is 1070 g/mol. The van der Waals surface area contributed by atoms with Crippen LogP contribution in [0.25, 0.3) is 0 Å². The topological polar surface area (TPSA) is 111 Å². The summed E-state index contributed by atoms with van der Waals surface area (Å²) >= 11 is 0.